The Morgan fingerprint density at radius 2 is 0.705 bits per heavy atom. The molecule has 0 heterocycles. The number of hydrogen-bond acceptors (Lipinski definition) is 3. The molecule has 3 atom stereocenters. The van der Waals surface area contributed by atoms with Gasteiger partial charge in [-0.3, -0.25) is 4.90 Å². The minimum absolute atomic E-state index is 0.0371. The largest absolute Gasteiger partial charge is 0.393 e. The van der Waals surface area contributed by atoms with Gasteiger partial charge in [0.15, 0.2) is 0 Å². The van der Waals surface area contributed by atoms with Gasteiger partial charge in [0.05, 0.1) is 6.10 Å². The van der Waals surface area contributed by atoms with Crippen molar-refractivity contribution >= 4 is 0 Å². The fourth-order valence-electron chi connectivity index (χ4n) is 6.37. The second-order valence-electron chi connectivity index (χ2n) is 14.1. The van der Waals surface area contributed by atoms with E-state index in [0.717, 1.165) is 25.7 Å². The summed E-state index contributed by atoms with van der Waals surface area (Å²) in [6.07, 6.45) is 47.0. The number of unbranched alkanes of at least 4 members (excludes halogenated alkanes) is 24. The van der Waals surface area contributed by atoms with E-state index in [2.05, 4.69) is 38.2 Å². The SMILES string of the molecule is CCCCCCCC/C=C\CCCCCCCCC(O)C(CCCCCCCC/C=C\CCCCCCCC)C(O)N(C)C. The standard InChI is InChI=1S/C41H81NO2/c1-5-7-9-11-13-15-17-19-21-23-25-27-29-31-33-35-37-39(41(44)42(3)4)40(43)38-36-34-32-30-28-26-24-22-20-18-16-14-12-10-8-6-2/h19-22,39-41,43-44H,5-18,23-38H2,1-4H3/b21-19-,22-20-. The highest BCUT2D eigenvalue weighted by molar-refractivity contribution is 4.82. The number of nitrogens with zero attached hydrogens (tertiary/aromatic N) is 1. The van der Waals surface area contributed by atoms with Gasteiger partial charge in [-0.05, 0) is 78.3 Å². The Kier molecular flexibility index (Phi) is 34.7. The van der Waals surface area contributed by atoms with Crippen LogP contribution >= 0.6 is 0 Å². The first-order valence-electron chi connectivity index (χ1n) is 19.9. The predicted molar refractivity (Wildman–Crippen MR) is 197 cm³/mol. The zero-order valence-corrected chi connectivity index (χ0v) is 30.6. The van der Waals surface area contributed by atoms with E-state index in [0.29, 0.717) is 0 Å². The van der Waals surface area contributed by atoms with Crippen molar-refractivity contribution in [2.75, 3.05) is 14.1 Å². The molecular formula is C41H81NO2. The molecule has 262 valence electrons. The third-order valence-electron chi connectivity index (χ3n) is 9.47. The summed E-state index contributed by atoms with van der Waals surface area (Å²) < 4.78 is 0. The fourth-order valence-corrected chi connectivity index (χ4v) is 6.37. The Labute approximate surface area is 277 Å². The first-order valence-corrected chi connectivity index (χ1v) is 19.9. The van der Waals surface area contributed by atoms with Gasteiger partial charge in [-0.25, -0.2) is 0 Å². The molecular weight excluding hydrogens is 538 g/mol. The normalized spacial score (nSPS) is 14.3. The topological polar surface area (TPSA) is 43.7 Å². The van der Waals surface area contributed by atoms with Gasteiger partial charge < -0.3 is 10.2 Å². The molecule has 0 rings (SSSR count). The molecule has 0 aliphatic rings. The molecule has 0 bridgehead atoms. The van der Waals surface area contributed by atoms with Gasteiger partial charge in [-0.2, -0.15) is 0 Å². The monoisotopic (exact) mass is 620 g/mol. The fraction of sp³-hybridized carbons (Fsp3) is 0.902. The molecule has 0 aromatic rings. The molecule has 0 aromatic carbocycles. The molecule has 0 radical (unpaired) electrons. The average Bonchev–Trinajstić information content (AvgIpc) is 3.02. The Bertz CT molecular complexity index is 601. The smallest absolute Gasteiger partial charge is 0.112 e. The van der Waals surface area contributed by atoms with Gasteiger partial charge in [0.25, 0.3) is 0 Å². The maximum atomic E-state index is 11.0. The molecule has 0 aliphatic carbocycles. The Hall–Kier alpha value is -0.640. The van der Waals surface area contributed by atoms with E-state index in [-0.39, 0.29) is 5.92 Å². The molecule has 0 fully saturated rings. The lowest BCUT2D eigenvalue weighted by molar-refractivity contribution is -0.0663. The van der Waals surface area contributed by atoms with Crippen LogP contribution in [0.25, 0.3) is 0 Å². The average molecular weight is 620 g/mol. The first-order chi connectivity index (χ1) is 21.5. The van der Waals surface area contributed by atoms with Gasteiger partial charge in [0.1, 0.15) is 6.23 Å². The highest BCUT2D eigenvalue weighted by Gasteiger charge is 2.27. The summed E-state index contributed by atoms with van der Waals surface area (Å²) in [4.78, 5) is 1.87. The zero-order chi connectivity index (χ0) is 32.4. The zero-order valence-electron chi connectivity index (χ0n) is 30.6. The first kappa shape index (κ1) is 43.4. The summed E-state index contributed by atoms with van der Waals surface area (Å²) in [5.74, 6) is -0.0371. The van der Waals surface area contributed by atoms with Gasteiger partial charge in [-0.1, -0.05) is 167 Å². The molecule has 0 amide bonds. The van der Waals surface area contributed by atoms with Crippen LogP contribution in [0.4, 0.5) is 0 Å². The molecule has 3 nitrogen and oxygen atoms in total. The summed E-state index contributed by atoms with van der Waals surface area (Å²) in [6, 6.07) is 0. The van der Waals surface area contributed by atoms with Crippen LogP contribution in [0.15, 0.2) is 24.3 Å². The summed E-state index contributed by atoms with van der Waals surface area (Å²) in [5, 5.41) is 21.7. The summed E-state index contributed by atoms with van der Waals surface area (Å²) in [5.41, 5.74) is 0. The van der Waals surface area contributed by atoms with Crippen LogP contribution in [0.2, 0.25) is 0 Å². The minimum Gasteiger partial charge on any atom is -0.393 e. The number of rotatable bonds is 35. The van der Waals surface area contributed by atoms with E-state index in [1.807, 2.05) is 19.0 Å². The molecule has 0 saturated carbocycles. The maximum absolute atomic E-state index is 11.0. The van der Waals surface area contributed by atoms with Crippen molar-refractivity contribution < 1.29 is 10.2 Å². The molecule has 0 aromatic heterocycles. The van der Waals surface area contributed by atoms with E-state index in [4.69, 9.17) is 0 Å². The number of aliphatic hydroxyl groups is 2. The Morgan fingerprint density at radius 3 is 1.05 bits per heavy atom. The molecule has 3 heteroatoms. The molecule has 0 saturated heterocycles. The number of allylic oxidation sites excluding steroid dienone is 4. The lowest BCUT2D eigenvalue weighted by Gasteiger charge is -2.31. The lowest BCUT2D eigenvalue weighted by Crippen LogP contribution is -2.41. The minimum atomic E-state index is -0.553. The van der Waals surface area contributed by atoms with Crippen molar-refractivity contribution in [2.45, 2.75) is 219 Å². The van der Waals surface area contributed by atoms with Gasteiger partial charge in [0.2, 0.25) is 0 Å². The second-order valence-corrected chi connectivity index (χ2v) is 14.1. The van der Waals surface area contributed by atoms with E-state index >= 15 is 0 Å². The van der Waals surface area contributed by atoms with E-state index in [9.17, 15) is 10.2 Å². The van der Waals surface area contributed by atoms with E-state index in [1.54, 1.807) is 0 Å². The quantitative estimate of drug-likeness (QED) is 0.0421. The van der Waals surface area contributed by atoms with Crippen molar-refractivity contribution in [1.82, 2.24) is 4.90 Å². The molecule has 44 heavy (non-hydrogen) atoms. The van der Waals surface area contributed by atoms with E-state index < -0.39 is 12.3 Å². The maximum Gasteiger partial charge on any atom is 0.112 e. The highest BCUT2D eigenvalue weighted by atomic mass is 16.3. The van der Waals surface area contributed by atoms with Crippen LogP contribution in [-0.2, 0) is 0 Å². The lowest BCUT2D eigenvalue weighted by atomic mass is 9.89. The summed E-state index contributed by atoms with van der Waals surface area (Å²) >= 11 is 0. The highest BCUT2D eigenvalue weighted by Crippen LogP contribution is 2.24. The van der Waals surface area contributed by atoms with Crippen molar-refractivity contribution in [1.29, 1.82) is 0 Å². The second kappa shape index (κ2) is 35.2. The van der Waals surface area contributed by atoms with Crippen LogP contribution in [-0.4, -0.2) is 41.5 Å². The van der Waals surface area contributed by atoms with Crippen LogP contribution in [0.1, 0.15) is 206 Å². The third-order valence-corrected chi connectivity index (χ3v) is 9.47. The number of aliphatic hydroxyl groups excluding tert-OH is 2. The molecule has 3 unspecified atom stereocenters. The van der Waals surface area contributed by atoms with Gasteiger partial charge >= 0.3 is 0 Å². The predicted octanol–water partition coefficient (Wildman–Crippen LogP) is 12.7. The van der Waals surface area contributed by atoms with Crippen molar-refractivity contribution in [3.63, 3.8) is 0 Å². The van der Waals surface area contributed by atoms with Crippen molar-refractivity contribution in [3.05, 3.63) is 24.3 Å². The Balaban J connectivity index is 3.80. The molecule has 0 spiro atoms. The summed E-state index contributed by atoms with van der Waals surface area (Å²) in [7, 11) is 3.85. The van der Waals surface area contributed by atoms with Crippen LogP contribution in [0, 0.1) is 5.92 Å². The van der Waals surface area contributed by atoms with Crippen LogP contribution in [0.5, 0.6) is 0 Å². The number of hydrogen-bond donors (Lipinski definition) is 2. The van der Waals surface area contributed by atoms with Gasteiger partial charge in [0, 0.05) is 5.92 Å². The van der Waals surface area contributed by atoms with Crippen LogP contribution < -0.4 is 0 Å². The molecule has 0 aliphatic heterocycles. The summed E-state index contributed by atoms with van der Waals surface area (Å²) in [6.45, 7) is 4.56. The third kappa shape index (κ3) is 30.0. The van der Waals surface area contributed by atoms with Crippen molar-refractivity contribution in [3.8, 4) is 0 Å². The molecule has 2 N–H and O–H groups in total. The van der Waals surface area contributed by atoms with Crippen LogP contribution in [0.3, 0.4) is 0 Å². The Morgan fingerprint density at radius 1 is 0.409 bits per heavy atom. The van der Waals surface area contributed by atoms with Gasteiger partial charge in [-0.15, -0.1) is 0 Å². The van der Waals surface area contributed by atoms with Crippen molar-refractivity contribution in [2.24, 2.45) is 5.92 Å². The van der Waals surface area contributed by atoms with E-state index in [1.165, 1.54) is 167 Å².